The van der Waals surface area contributed by atoms with E-state index in [0.717, 1.165) is 6.04 Å². The van der Waals surface area contributed by atoms with E-state index < -0.39 is 0 Å². The normalized spacial score (nSPS) is 27.7. The highest BCUT2D eigenvalue weighted by Crippen LogP contribution is 2.12. The second kappa shape index (κ2) is 7.34. The SMILES string of the molecule is CCCCCCN1CCN(C2CCNC2)CC1. The summed E-state index contributed by atoms with van der Waals surface area (Å²) in [6.07, 6.45) is 6.94. The minimum Gasteiger partial charge on any atom is -0.315 e. The molecule has 0 amide bonds. The molecule has 1 atom stereocenters. The number of piperazine rings is 1. The Labute approximate surface area is 107 Å². The van der Waals surface area contributed by atoms with Crippen LogP contribution in [0.2, 0.25) is 0 Å². The molecule has 100 valence electrons. The van der Waals surface area contributed by atoms with E-state index in [-0.39, 0.29) is 0 Å². The Morgan fingerprint density at radius 3 is 2.53 bits per heavy atom. The van der Waals surface area contributed by atoms with Gasteiger partial charge in [0.15, 0.2) is 0 Å². The van der Waals surface area contributed by atoms with Crippen molar-refractivity contribution >= 4 is 0 Å². The molecule has 0 aromatic rings. The molecule has 0 aromatic heterocycles. The summed E-state index contributed by atoms with van der Waals surface area (Å²) in [5.74, 6) is 0. The van der Waals surface area contributed by atoms with E-state index >= 15 is 0 Å². The Morgan fingerprint density at radius 1 is 1.06 bits per heavy atom. The molecule has 0 saturated carbocycles. The summed E-state index contributed by atoms with van der Waals surface area (Å²) >= 11 is 0. The predicted octanol–water partition coefficient (Wildman–Crippen LogP) is 1.55. The maximum absolute atomic E-state index is 3.47. The summed E-state index contributed by atoms with van der Waals surface area (Å²) in [7, 11) is 0. The Kier molecular flexibility index (Phi) is 5.75. The Balaban J connectivity index is 1.57. The molecule has 2 rings (SSSR count). The van der Waals surface area contributed by atoms with Gasteiger partial charge in [0.1, 0.15) is 0 Å². The van der Waals surface area contributed by atoms with Crippen LogP contribution < -0.4 is 5.32 Å². The first-order chi connectivity index (χ1) is 8.40. The predicted molar refractivity (Wildman–Crippen MR) is 73.4 cm³/mol. The second-order valence-corrected chi connectivity index (χ2v) is 5.58. The van der Waals surface area contributed by atoms with Gasteiger partial charge in [-0.25, -0.2) is 0 Å². The summed E-state index contributed by atoms with van der Waals surface area (Å²) < 4.78 is 0. The molecule has 0 radical (unpaired) electrons. The topological polar surface area (TPSA) is 18.5 Å². The lowest BCUT2D eigenvalue weighted by atomic mass is 10.1. The zero-order valence-electron chi connectivity index (χ0n) is 11.5. The smallest absolute Gasteiger partial charge is 0.0233 e. The maximum atomic E-state index is 3.47. The van der Waals surface area contributed by atoms with E-state index in [2.05, 4.69) is 22.0 Å². The van der Waals surface area contributed by atoms with E-state index in [4.69, 9.17) is 0 Å². The Hall–Kier alpha value is -0.120. The zero-order chi connectivity index (χ0) is 11.9. The molecule has 2 aliphatic rings. The molecular weight excluding hydrogens is 210 g/mol. The molecule has 0 aliphatic carbocycles. The van der Waals surface area contributed by atoms with Gasteiger partial charge in [0, 0.05) is 38.8 Å². The minimum atomic E-state index is 0.831. The van der Waals surface area contributed by atoms with Crippen LogP contribution in [0.1, 0.15) is 39.0 Å². The van der Waals surface area contributed by atoms with Crippen LogP contribution in [0.25, 0.3) is 0 Å². The van der Waals surface area contributed by atoms with E-state index in [9.17, 15) is 0 Å². The summed E-state index contributed by atoms with van der Waals surface area (Å²) in [6, 6.07) is 0.831. The molecular formula is C14H29N3. The van der Waals surface area contributed by atoms with Crippen LogP contribution in [-0.4, -0.2) is 61.7 Å². The van der Waals surface area contributed by atoms with Crippen molar-refractivity contribution in [2.24, 2.45) is 0 Å². The highest BCUT2D eigenvalue weighted by molar-refractivity contribution is 4.84. The molecule has 1 N–H and O–H groups in total. The van der Waals surface area contributed by atoms with Gasteiger partial charge in [-0.15, -0.1) is 0 Å². The van der Waals surface area contributed by atoms with Gasteiger partial charge < -0.3 is 10.2 Å². The Bertz CT molecular complexity index is 194. The largest absolute Gasteiger partial charge is 0.315 e. The van der Waals surface area contributed by atoms with E-state index in [1.165, 1.54) is 77.9 Å². The molecule has 0 bridgehead atoms. The molecule has 2 fully saturated rings. The first kappa shape index (κ1) is 13.3. The quantitative estimate of drug-likeness (QED) is 0.710. The van der Waals surface area contributed by atoms with Crippen molar-refractivity contribution in [1.82, 2.24) is 15.1 Å². The van der Waals surface area contributed by atoms with Crippen LogP contribution in [0.3, 0.4) is 0 Å². The van der Waals surface area contributed by atoms with Gasteiger partial charge in [0.05, 0.1) is 0 Å². The molecule has 2 aliphatic heterocycles. The minimum absolute atomic E-state index is 0.831. The van der Waals surface area contributed by atoms with Gasteiger partial charge >= 0.3 is 0 Å². The summed E-state index contributed by atoms with van der Waals surface area (Å²) in [5.41, 5.74) is 0. The third-order valence-electron chi connectivity index (χ3n) is 4.29. The maximum Gasteiger partial charge on any atom is 0.0233 e. The molecule has 2 saturated heterocycles. The Morgan fingerprint density at radius 2 is 1.88 bits per heavy atom. The lowest BCUT2D eigenvalue weighted by Gasteiger charge is -2.37. The summed E-state index contributed by atoms with van der Waals surface area (Å²) in [6.45, 7) is 11.2. The fraction of sp³-hybridized carbons (Fsp3) is 1.00. The molecule has 3 nitrogen and oxygen atoms in total. The number of rotatable bonds is 6. The zero-order valence-corrected chi connectivity index (χ0v) is 11.5. The van der Waals surface area contributed by atoms with Crippen molar-refractivity contribution in [2.75, 3.05) is 45.8 Å². The van der Waals surface area contributed by atoms with Gasteiger partial charge in [-0.1, -0.05) is 26.2 Å². The molecule has 3 heteroatoms. The van der Waals surface area contributed by atoms with Gasteiger partial charge in [-0.3, -0.25) is 4.90 Å². The number of nitrogens with zero attached hydrogens (tertiary/aromatic N) is 2. The molecule has 1 unspecified atom stereocenters. The van der Waals surface area contributed by atoms with Gasteiger partial charge in [-0.05, 0) is 25.9 Å². The number of nitrogens with one attached hydrogen (secondary N) is 1. The first-order valence-corrected chi connectivity index (χ1v) is 7.57. The van der Waals surface area contributed by atoms with Crippen LogP contribution in [0.4, 0.5) is 0 Å². The second-order valence-electron chi connectivity index (χ2n) is 5.58. The van der Waals surface area contributed by atoms with Crippen molar-refractivity contribution in [3.05, 3.63) is 0 Å². The van der Waals surface area contributed by atoms with E-state index in [0.29, 0.717) is 0 Å². The van der Waals surface area contributed by atoms with Crippen molar-refractivity contribution < 1.29 is 0 Å². The lowest BCUT2D eigenvalue weighted by molar-refractivity contribution is 0.101. The molecule has 2 heterocycles. The lowest BCUT2D eigenvalue weighted by Crippen LogP contribution is -2.50. The third-order valence-corrected chi connectivity index (χ3v) is 4.29. The number of unbranched alkanes of at least 4 members (excludes halogenated alkanes) is 3. The van der Waals surface area contributed by atoms with Gasteiger partial charge in [-0.2, -0.15) is 0 Å². The molecule has 0 aromatic carbocycles. The highest BCUT2D eigenvalue weighted by atomic mass is 15.3. The van der Waals surface area contributed by atoms with Crippen molar-refractivity contribution in [3.63, 3.8) is 0 Å². The van der Waals surface area contributed by atoms with Crippen molar-refractivity contribution in [1.29, 1.82) is 0 Å². The monoisotopic (exact) mass is 239 g/mol. The van der Waals surface area contributed by atoms with Crippen LogP contribution in [0, 0.1) is 0 Å². The van der Waals surface area contributed by atoms with Crippen LogP contribution in [0.5, 0.6) is 0 Å². The summed E-state index contributed by atoms with van der Waals surface area (Å²) in [4.78, 5) is 5.36. The van der Waals surface area contributed by atoms with E-state index in [1.54, 1.807) is 0 Å². The average molecular weight is 239 g/mol. The fourth-order valence-corrected chi connectivity index (χ4v) is 3.07. The van der Waals surface area contributed by atoms with Crippen LogP contribution in [-0.2, 0) is 0 Å². The third kappa shape index (κ3) is 4.23. The number of hydrogen-bond acceptors (Lipinski definition) is 3. The van der Waals surface area contributed by atoms with Crippen molar-refractivity contribution in [3.8, 4) is 0 Å². The van der Waals surface area contributed by atoms with Gasteiger partial charge in [0.25, 0.3) is 0 Å². The van der Waals surface area contributed by atoms with Crippen LogP contribution >= 0.6 is 0 Å². The van der Waals surface area contributed by atoms with E-state index in [1.807, 2.05) is 0 Å². The molecule has 0 spiro atoms. The number of hydrogen-bond donors (Lipinski definition) is 1. The fourth-order valence-electron chi connectivity index (χ4n) is 3.07. The average Bonchev–Trinajstić information content (AvgIpc) is 2.89. The highest BCUT2D eigenvalue weighted by Gasteiger charge is 2.25. The summed E-state index contributed by atoms with van der Waals surface area (Å²) in [5, 5.41) is 3.47. The molecule has 17 heavy (non-hydrogen) atoms. The standard InChI is InChI=1S/C14H29N3/c1-2-3-4-5-8-16-9-11-17(12-10-16)14-6-7-15-13-14/h14-15H,2-13H2,1H3. The van der Waals surface area contributed by atoms with Crippen LogP contribution in [0.15, 0.2) is 0 Å². The first-order valence-electron chi connectivity index (χ1n) is 7.57. The van der Waals surface area contributed by atoms with Crippen molar-refractivity contribution in [2.45, 2.75) is 45.1 Å². The van der Waals surface area contributed by atoms with Gasteiger partial charge in [0.2, 0.25) is 0 Å².